The van der Waals surface area contributed by atoms with Crippen molar-refractivity contribution >= 4 is 28.8 Å². The number of nitrogens with one attached hydrogen (secondary N) is 1. The zero-order valence-electron chi connectivity index (χ0n) is 19.3. The van der Waals surface area contributed by atoms with E-state index in [0.29, 0.717) is 23.8 Å². The van der Waals surface area contributed by atoms with Crippen LogP contribution in [0.15, 0.2) is 66.4 Å². The van der Waals surface area contributed by atoms with Gasteiger partial charge < -0.3 is 14.8 Å². The number of methoxy groups -OCH3 is 1. The SMILES string of the molecule is COc1cc(/C=C2\NC(=O)N(C3CCCCC3)C2=O)ccc1OCc1ccc2ccccc2c1. The second-order valence-electron chi connectivity index (χ2n) is 8.84. The standard InChI is InChI=1S/C28H28N2O4/c1-33-26-17-19(16-24-27(31)30(28(32)29-24)23-9-3-2-4-10-23)12-14-25(26)34-18-20-11-13-21-7-5-6-8-22(21)15-20/h5-8,11-17,23H,2-4,9-10,18H2,1H3,(H,29,32)/b24-16-. The minimum Gasteiger partial charge on any atom is -0.493 e. The number of rotatable bonds is 6. The third-order valence-corrected chi connectivity index (χ3v) is 6.56. The first kappa shape index (κ1) is 22.0. The Kier molecular flexibility index (Phi) is 6.21. The lowest BCUT2D eigenvalue weighted by Crippen LogP contribution is -2.41. The van der Waals surface area contributed by atoms with E-state index in [1.807, 2.05) is 30.3 Å². The van der Waals surface area contributed by atoms with Crippen molar-refractivity contribution in [3.63, 3.8) is 0 Å². The van der Waals surface area contributed by atoms with Gasteiger partial charge in [-0.05, 0) is 59.0 Å². The van der Waals surface area contributed by atoms with Crippen LogP contribution in [0.1, 0.15) is 43.2 Å². The topological polar surface area (TPSA) is 67.9 Å². The number of carbonyl (C=O) groups excluding carboxylic acids is 2. The minimum atomic E-state index is -0.328. The lowest BCUT2D eigenvalue weighted by Gasteiger charge is -2.28. The van der Waals surface area contributed by atoms with Gasteiger partial charge in [0.25, 0.3) is 5.91 Å². The van der Waals surface area contributed by atoms with Crippen molar-refractivity contribution in [1.29, 1.82) is 0 Å². The Morgan fingerprint density at radius 3 is 2.53 bits per heavy atom. The van der Waals surface area contributed by atoms with Crippen molar-refractivity contribution in [2.75, 3.05) is 7.11 Å². The number of urea groups is 1. The van der Waals surface area contributed by atoms with Gasteiger partial charge in [-0.15, -0.1) is 0 Å². The van der Waals surface area contributed by atoms with Gasteiger partial charge in [-0.2, -0.15) is 0 Å². The average Bonchev–Trinajstić information content (AvgIpc) is 3.15. The first-order valence-corrected chi connectivity index (χ1v) is 11.8. The van der Waals surface area contributed by atoms with Crippen LogP contribution in [0, 0.1) is 0 Å². The summed E-state index contributed by atoms with van der Waals surface area (Å²) in [6, 6.07) is 19.6. The van der Waals surface area contributed by atoms with Crippen LogP contribution in [-0.4, -0.2) is 30.0 Å². The van der Waals surface area contributed by atoms with Crippen molar-refractivity contribution in [2.24, 2.45) is 0 Å². The number of carbonyl (C=O) groups is 2. The molecule has 0 atom stereocenters. The lowest BCUT2D eigenvalue weighted by molar-refractivity contribution is -0.124. The summed E-state index contributed by atoms with van der Waals surface area (Å²) in [7, 11) is 1.59. The van der Waals surface area contributed by atoms with Crippen LogP contribution in [0.5, 0.6) is 11.5 Å². The maximum Gasteiger partial charge on any atom is 0.329 e. The predicted octanol–water partition coefficient (Wildman–Crippen LogP) is 5.65. The molecule has 0 unspecified atom stereocenters. The van der Waals surface area contributed by atoms with Crippen molar-refractivity contribution in [3.8, 4) is 11.5 Å². The molecule has 0 spiro atoms. The number of hydrogen-bond acceptors (Lipinski definition) is 4. The molecular weight excluding hydrogens is 428 g/mol. The summed E-state index contributed by atoms with van der Waals surface area (Å²) in [4.78, 5) is 26.8. The minimum absolute atomic E-state index is 0.00688. The average molecular weight is 457 g/mol. The number of ether oxygens (including phenoxy) is 2. The summed E-state index contributed by atoms with van der Waals surface area (Å²) in [6.07, 6.45) is 6.72. The third-order valence-electron chi connectivity index (χ3n) is 6.56. The monoisotopic (exact) mass is 456 g/mol. The number of hydrogen-bond donors (Lipinski definition) is 1. The number of nitrogens with zero attached hydrogens (tertiary/aromatic N) is 1. The molecule has 3 amide bonds. The molecular formula is C28H28N2O4. The van der Waals surface area contributed by atoms with E-state index in [4.69, 9.17) is 9.47 Å². The molecule has 3 aromatic carbocycles. The van der Waals surface area contributed by atoms with Crippen LogP contribution in [0.3, 0.4) is 0 Å². The van der Waals surface area contributed by atoms with Gasteiger partial charge in [0, 0.05) is 6.04 Å². The fraction of sp³-hybridized carbons (Fsp3) is 0.286. The Morgan fingerprint density at radius 1 is 0.941 bits per heavy atom. The highest BCUT2D eigenvalue weighted by Crippen LogP contribution is 2.31. The van der Waals surface area contributed by atoms with Crippen LogP contribution in [-0.2, 0) is 11.4 Å². The molecule has 0 bridgehead atoms. The van der Waals surface area contributed by atoms with E-state index < -0.39 is 0 Å². The van der Waals surface area contributed by atoms with Gasteiger partial charge in [0.05, 0.1) is 7.11 Å². The summed E-state index contributed by atoms with van der Waals surface area (Å²) in [5.41, 5.74) is 2.11. The molecule has 1 N–H and O–H groups in total. The van der Waals surface area contributed by atoms with Gasteiger partial charge in [-0.25, -0.2) is 4.79 Å². The van der Waals surface area contributed by atoms with Gasteiger partial charge in [0.1, 0.15) is 12.3 Å². The zero-order chi connectivity index (χ0) is 23.5. The fourth-order valence-electron chi connectivity index (χ4n) is 4.77. The smallest absolute Gasteiger partial charge is 0.329 e. The van der Waals surface area contributed by atoms with Crippen molar-refractivity contribution in [3.05, 3.63) is 77.5 Å². The van der Waals surface area contributed by atoms with E-state index >= 15 is 0 Å². The largest absolute Gasteiger partial charge is 0.493 e. The Balaban J connectivity index is 1.30. The van der Waals surface area contributed by atoms with E-state index in [0.717, 1.165) is 43.2 Å². The third kappa shape index (κ3) is 4.49. The van der Waals surface area contributed by atoms with E-state index in [2.05, 4.69) is 35.6 Å². The van der Waals surface area contributed by atoms with Crippen LogP contribution < -0.4 is 14.8 Å². The van der Waals surface area contributed by atoms with Crippen molar-refractivity contribution in [2.45, 2.75) is 44.8 Å². The molecule has 0 radical (unpaired) electrons. The second kappa shape index (κ2) is 9.59. The highest BCUT2D eigenvalue weighted by Gasteiger charge is 2.38. The van der Waals surface area contributed by atoms with Gasteiger partial charge in [-0.3, -0.25) is 9.69 Å². The van der Waals surface area contributed by atoms with Crippen molar-refractivity contribution in [1.82, 2.24) is 10.2 Å². The lowest BCUT2D eigenvalue weighted by atomic mass is 9.94. The first-order valence-electron chi connectivity index (χ1n) is 11.8. The second-order valence-corrected chi connectivity index (χ2v) is 8.84. The molecule has 1 heterocycles. The molecule has 34 heavy (non-hydrogen) atoms. The molecule has 1 aliphatic carbocycles. The van der Waals surface area contributed by atoms with Gasteiger partial charge in [-0.1, -0.05) is 61.7 Å². The molecule has 0 aromatic heterocycles. The number of imide groups is 1. The normalized spacial score (nSPS) is 17.9. The van der Waals surface area contributed by atoms with Crippen molar-refractivity contribution < 1.29 is 19.1 Å². The van der Waals surface area contributed by atoms with Gasteiger partial charge >= 0.3 is 6.03 Å². The Bertz CT molecular complexity index is 1260. The summed E-state index contributed by atoms with van der Waals surface area (Å²) in [5.74, 6) is 0.923. The van der Waals surface area contributed by atoms with Crippen LogP contribution >= 0.6 is 0 Å². The number of amides is 3. The van der Waals surface area contributed by atoms with Gasteiger partial charge in [0.2, 0.25) is 0 Å². The predicted molar refractivity (Wildman–Crippen MR) is 132 cm³/mol. The maximum absolute atomic E-state index is 12.9. The highest BCUT2D eigenvalue weighted by atomic mass is 16.5. The summed E-state index contributed by atoms with van der Waals surface area (Å²) in [6.45, 7) is 0.409. The maximum atomic E-state index is 12.9. The molecule has 6 nitrogen and oxygen atoms in total. The molecule has 2 aliphatic rings. The van der Waals surface area contributed by atoms with Crippen LogP contribution in [0.4, 0.5) is 4.79 Å². The molecule has 2 fully saturated rings. The Morgan fingerprint density at radius 2 is 1.74 bits per heavy atom. The number of benzene rings is 3. The Hall–Kier alpha value is -3.80. The van der Waals surface area contributed by atoms with Gasteiger partial charge in [0.15, 0.2) is 11.5 Å². The van der Waals surface area contributed by atoms with E-state index in [-0.39, 0.29) is 18.0 Å². The van der Waals surface area contributed by atoms with E-state index in [9.17, 15) is 9.59 Å². The molecule has 3 aromatic rings. The van der Waals surface area contributed by atoms with Crippen LogP contribution in [0.2, 0.25) is 0 Å². The molecule has 1 saturated heterocycles. The Labute approximate surface area is 199 Å². The van der Waals surface area contributed by atoms with Crippen LogP contribution in [0.25, 0.3) is 16.8 Å². The molecule has 5 rings (SSSR count). The summed E-state index contributed by atoms with van der Waals surface area (Å²) in [5, 5.41) is 5.10. The molecule has 1 aliphatic heterocycles. The summed E-state index contributed by atoms with van der Waals surface area (Å²) >= 11 is 0. The van der Waals surface area contributed by atoms with E-state index in [1.165, 1.54) is 15.7 Å². The first-order chi connectivity index (χ1) is 16.6. The molecule has 6 heteroatoms. The highest BCUT2D eigenvalue weighted by molar-refractivity contribution is 6.14. The summed E-state index contributed by atoms with van der Waals surface area (Å²) < 4.78 is 11.6. The molecule has 1 saturated carbocycles. The fourth-order valence-corrected chi connectivity index (χ4v) is 4.77. The number of fused-ring (bicyclic) bond motifs is 1. The van der Waals surface area contributed by atoms with E-state index in [1.54, 1.807) is 13.2 Å². The quantitative estimate of drug-likeness (QED) is 0.384. The zero-order valence-corrected chi connectivity index (χ0v) is 19.3. The molecule has 174 valence electrons.